The molecule has 0 aliphatic rings. The Hall–Kier alpha value is -3.87. The molecular weight excluding hydrogens is 416 g/mol. The first-order valence-electron chi connectivity index (χ1n) is 11.1. The fraction of sp³-hybridized carbons (Fsp3) is 0.269. The fourth-order valence-corrected chi connectivity index (χ4v) is 3.65. The number of benzene rings is 2. The third kappa shape index (κ3) is 5.14. The maximum absolute atomic E-state index is 13.0. The van der Waals surface area contributed by atoms with Crippen molar-refractivity contribution in [2.75, 3.05) is 11.9 Å². The fourth-order valence-electron chi connectivity index (χ4n) is 3.65. The van der Waals surface area contributed by atoms with E-state index in [1.165, 1.54) is 4.57 Å². The van der Waals surface area contributed by atoms with Gasteiger partial charge in [0.05, 0.1) is 12.3 Å². The van der Waals surface area contributed by atoms with Crippen LogP contribution in [0.3, 0.4) is 0 Å². The summed E-state index contributed by atoms with van der Waals surface area (Å²) in [6.07, 6.45) is 5.37. The molecule has 1 N–H and O–H groups in total. The Morgan fingerprint density at radius 1 is 1.06 bits per heavy atom. The molecule has 0 saturated carbocycles. The lowest BCUT2D eigenvalue weighted by Crippen LogP contribution is -2.28. The zero-order chi connectivity index (χ0) is 23.4. The van der Waals surface area contributed by atoms with Crippen LogP contribution in [0.1, 0.15) is 30.9 Å². The molecule has 7 nitrogen and oxygen atoms in total. The molecule has 2 aromatic carbocycles. The second-order valence-electron chi connectivity index (χ2n) is 8.18. The monoisotopic (exact) mass is 444 g/mol. The van der Waals surface area contributed by atoms with Crippen LogP contribution in [0.25, 0.3) is 16.8 Å². The Morgan fingerprint density at radius 2 is 1.85 bits per heavy atom. The molecule has 4 aromatic rings. The van der Waals surface area contributed by atoms with E-state index >= 15 is 0 Å². The lowest BCUT2D eigenvalue weighted by Gasteiger charge is -2.10. The number of carbonyl (C=O) groups excluding carboxylic acids is 1. The van der Waals surface area contributed by atoms with Crippen molar-refractivity contribution in [2.45, 2.75) is 40.2 Å². The number of hydrogen-bond donors (Lipinski definition) is 1. The third-order valence-electron chi connectivity index (χ3n) is 5.49. The van der Waals surface area contributed by atoms with Crippen LogP contribution in [-0.4, -0.2) is 26.7 Å². The summed E-state index contributed by atoms with van der Waals surface area (Å²) in [5.74, 6) is 0.556. The van der Waals surface area contributed by atoms with Crippen LogP contribution in [0, 0.1) is 13.8 Å². The Labute approximate surface area is 192 Å². The molecule has 0 aliphatic carbocycles. The minimum Gasteiger partial charge on any atom is -0.494 e. The zero-order valence-electron chi connectivity index (χ0n) is 19.2. The highest BCUT2D eigenvalue weighted by Crippen LogP contribution is 2.22. The molecule has 0 spiro atoms. The summed E-state index contributed by atoms with van der Waals surface area (Å²) in [6.45, 7) is 6.69. The second kappa shape index (κ2) is 9.73. The standard InChI is InChI=1S/C26H28N4O3/c1-4-5-14-33-21-9-7-20(8-10-21)23-16-24-26(32)29(12-13-30(24)28-23)17-25(31)27-22-11-6-18(2)15-19(22)3/h6-13,15-16H,4-5,14,17H2,1-3H3,(H,27,31). The van der Waals surface area contributed by atoms with Crippen LogP contribution in [-0.2, 0) is 11.3 Å². The van der Waals surface area contributed by atoms with E-state index in [9.17, 15) is 9.59 Å². The van der Waals surface area contributed by atoms with Crippen LogP contribution < -0.4 is 15.6 Å². The number of nitrogens with one attached hydrogen (secondary N) is 1. The molecule has 1 amide bonds. The van der Waals surface area contributed by atoms with Crippen LogP contribution in [0.5, 0.6) is 5.75 Å². The molecule has 170 valence electrons. The Bertz CT molecular complexity index is 1340. The summed E-state index contributed by atoms with van der Waals surface area (Å²) in [5, 5.41) is 7.40. The van der Waals surface area contributed by atoms with Gasteiger partial charge in [-0.2, -0.15) is 5.10 Å². The van der Waals surface area contributed by atoms with Gasteiger partial charge in [0.25, 0.3) is 5.56 Å². The minimum atomic E-state index is -0.272. The third-order valence-corrected chi connectivity index (χ3v) is 5.49. The van der Waals surface area contributed by atoms with Gasteiger partial charge in [0.15, 0.2) is 0 Å². The topological polar surface area (TPSA) is 77.6 Å². The predicted octanol–water partition coefficient (Wildman–Crippen LogP) is 4.60. The van der Waals surface area contributed by atoms with E-state index in [0.717, 1.165) is 41.0 Å². The molecule has 0 aliphatic heterocycles. The average molecular weight is 445 g/mol. The van der Waals surface area contributed by atoms with Crippen molar-refractivity contribution in [3.05, 3.63) is 82.4 Å². The van der Waals surface area contributed by atoms with Crippen molar-refractivity contribution in [1.82, 2.24) is 14.2 Å². The van der Waals surface area contributed by atoms with E-state index in [1.807, 2.05) is 56.3 Å². The number of rotatable bonds is 8. The number of ether oxygens (including phenoxy) is 1. The van der Waals surface area contributed by atoms with Gasteiger partial charge < -0.3 is 14.6 Å². The van der Waals surface area contributed by atoms with Crippen molar-refractivity contribution in [3.8, 4) is 17.0 Å². The quantitative estimate of drug-likeness (QED) is 0.403. The number of anilines is 1. The Morgan fingerprint density at radius 3 is 2.58 bits per heavy atom. The maximum atomic E-state index is 13.0. The number of unbranched alkanes of at least 4 members (excludes halogenated alkanes) is 1. The molecular formula is C26H28N4O3. The van der Waals surface area contributed by atoms with Gasteiger partial charge in [-0.3, -0.25) is 9.59 Å². The largest absolute Gasteiger partial charge is 0.494 e. The summed E-state index contributed by atoms with van der Waals surface area (Å²) in [6, 6.07) is 15.2. The SMILES string of the molecule is CCCCOc1ccc(-c2cc3c(=O)n(CC(=O)Nc4ccc(C)cc4C)ccn3n2)cc1. The van der Waals surface area contributed by atoms with Gasteiger partial charge in [-0.1, -0.05) is 31.0 Å². The van der Waals surface area contributed by atoms with Gasteiger partial charge in [-0.05, 0) is 62.2 Å². The highest BCUT2D eigenvalue weighted by atomic mass is 16.5. The molecule has 0 saturated heterocycles. The number of hydrogen-bond acceptors (Lipinski definition) is 4. The summed E-state index contributed by atoms with van der Waals surface area (Å²) >= 11 is 0. The first-order chi connectivity index (χ1) is 15.9. The lowest BCUT2D eigenvalue weighted by molar-refractivity contribution is -0.116. The van der Waals surface area contributed by atoms with Gasteiger partial charge in [-0.25, -0.2) is 4.52 Å². The maximum Gasteiger partial charge on any atom is 0.277 e. The first-order valence-corrected chi connectivity index (χ1v) is 11.1. The van der Waals surface area contributed by atoms with E-state index in [1.54, 1.807) is 23.0 Å². The Kier molecular flexibility index (Phi) is 6.58. The van der Waals surface area contributed by atoms with Gasteiger partial charge in [-0.15, -0.1) is 0 Å². The molecule has 0 fully saturated rings. The van der Waals surface area contributed by atoms with Crippen molar-refractivity contribution in [2.24, 2.45) is 0 Å². The number of amides is 1. The molecule has 0 atom stereocenters. The number of aryl methyl sites for hydroxylation is 2. The number of aromatic nitrogens is 3. The predicted molar refractivity (Wildman–Crippen MR) is 130 cm³/mol. The van der Waals surface area contributed by atoms with Gasteiger partial charge in [0.2, 0.25) is 5.91 Å². The van der Waals surface area contributed by atoms with Gasteiger partial charge >= 0.3 is 0 Å². The van der Waals surface area contributed by atoms with Crippen LogP contribution in [0.4, 0.5) is 5.69 Å². The van der Waals surface area contributed by atoms with Gasteiger partial charge in [0, 0.05) is 23.6 Å². The number of carbonyl (C=O) groups is 1. The number of fused-ring (bicyclic) bond motifs is 1. The Balaban J connectivity index is 1.51. The van der Waals surface area contributed by atoms with Crippen LogP contribution >= 0.6 is 0 Å². The molecule has 4 rings (SSSR count). The van der Waals surface area contributed by atoms with E-state index in [-0.39, 0.29) is 18.0 Å². The van der Waals surface area contributed by atoms with Crippen molar-refractivity contribution < 1.29 is 9.53 Å². The van der Waals surface area contributed by atoms with E-state index in [2.05, 4.69) is 17.3 Å². The highest BCUT2D eigenvalue weighted by molar-refractivity contribution is 5.91. The zero-order valence-corrected chi connectivity index (χ0v) is 19.2. The van der Waals surface area contributed by atoms with Crippen molar-refractivity contribution >= 4 is 17.1 Å². The summed E-state index contributed by atoms with van der Waals surface area (Å²) in [4.78, 5) is 25.5. The molecule has 0 radical (unpaired) electrons. The van der Waals surface area contributed by atoms with Crippen molar-refractivity contribution in [3.63, 3.8) is 0 Å². The molecule has 7 heteroatoms. The smallest absolute Gasteiger partial charge is 0.277 e. The van der Waals surface area contributed by atoms with E-state index in [4.69, 9.17) is 4.74 Å². The summed E-state index contributed by atoms with van der Waals surface area (Å²) in [5.41, 5.74) is 4.57. The normalized spacial score (nSPS) is 11.0. The minimum absolute atomic E-state index is 0.0764. The highest BCUT2D eigenvalue weighted by Gasteiger charge is 2.12. The van der Waals surface area contributed by atoms with Crippen LogP contribution in [0.2, 0.25) is 0 Å². The number of nitrogens with zero attached hydrogens (tertiary/aromatic N) is 3. The average Bonchev–Trinajstić information content (AvgIpc) is 3.24. The molecule has 0 unspecified atom stereocenters. The summed E-state index contributed by atoms with van der Waals surface area (Å²) < 4.78 is 8.64. The van der Waals surface area contributed by atoms with Crippen LogP contribution in [0.15, 0.2) is 65.7 Å². The molecule has 2 heterocycles. The first kappa shape index (κ1) is 22.3. The molecule has 2 aromatic heterocycles. The summed E-state index contributed by atoms with van der Waals surface area (Å²) in [7, 11) is 0. The van der Waals surface area contributed by atoms with E-state index in [0.29, 0.717) is 17.8 Å². The molecule has 33 heavy (non-hydrogen) atoms. The second-order valence-corrected chi connectivity index (χ2v) is 8.18. The lowest BCUT2D eigenvalue weighted by atomic mass is 10.1. The van der Waals surface area contributed by atoms with Crippen molar-refractivity contribution in [1.29, 1.82) is 0 Å². The van der Waals surface area contributed by atoms with Gasteiger partial charge in [0.1, 0.15) is 17.8 Å². The molecule has 0 bridgehead atoms. The van der Waals surface area contributed by atoms with E-state index < -0.39 is 0 Å².